The van der Waals surface area contributed by atoms with Crippen LogP contribution in [-0.4, -0.2) is 25.1 Å². The van der Waals surface area contributed by atoms with Crippen molar-refractivity contribution in [2.45, 2.75) is 25.9 Å². The average Bonchev–Trinajstić information content (AvgIpc) is 2.24. The summed E-state index contributed by atoms with van der Waals surface area (Å²) in [6, 6.07) is 4.43. The largest absolute Gasteiger partial charge is 0.463 e. The predicted molar refractivity (Wildman–Crippen MR) is 60.3 cm³/mol. The summed E-state index contributed by atoms with van der Waals surface area (Å²) in [6.45, 7) is 3.30. The molecule has 1 amide bonds. The number of nitrogens with zero attached hydrogens (tertiary/aromatic N) is 1. The van der Waals surface area contributed by atoms with Crippen LogP contribution in [0.2, 0.25) is 0 Å². The molecule has 0 N–H and O–H groups in total. The van der Waals surface area contributed by atoms with E-state index in [1.54, 1.807) is 19.9 Å². The van der Waals surface area contributed by atoms with Crippen molar-refractivity contribution in [2.75, 3.05) is 11.9 Å². The molecular weight excluding hydrogens is 269 g/mol. The van der Waals surface area contributed by atoms with Gasteiger partial charge in [0.05, 0.1) is 0 Å². The van der Waals surface area contributed by atoms with E-state index in [9.17, 15) is 26.7 Å². The zero-order valence-electron chi connectivity index (χ0n) is 10.5. The number of aryl methyl sites for hydroxylation is 2. The lowest BCUT2D eigenvalue weighted by atomic mass is 10.1. The number of carbonyl (C=O) groups excluding carboxylic acids is 1. The summed E-state index contributed by atoms with van der Waals surface area (Å²) in [4.78, 5) is 11.6. The summed E-state index contributed by atoms with van der Waals surface area (Å²) in [5, 5.41) is 0. The molecule has 0 saturated carbocycles. The van der Waals surface area contributed by atoms with Crippen molar-refractivity contribution in [2.24, 2.45) is 0 Å². The lowest BCUT2D eigenvalue weighted by molar-refractivity contribution is -0.268. The van der Waals surface area contributed by atoms with Crippen LogP contribution in [0.25, 0.3) is 0 Å². The molecule has 106 valence electrons. The van der Waals surface area contributed by atoms with E-state index in [-0.39, 0.29) is 5.69 Å². The molecule has 0 aliphatic carbocycles. The van der Waals surface area contributed by atoms with E-state index in [4.69, 9.17) is 0 Å². The van der Waals surface area contributed by atoms with Crippen LogP contribution in [0, 0.1) is 13.8 Å². The van der Waals surface area contributed by atoms with E-state index in [0.717, 1.165) is 7.05 Å². The fraction of sp³-hybridized carbons (Fsp3) is 0.417. The first-order valence-electron chi connectivity index (χ1n) is 5.28. The second kappa shape index (κ2) is 4.79. The Morgan fingerprint density at radius 3 is 1.79 bits per heavy atom. The maximum absolute atomic E-state index is 12.9. The highest BCUT2D eigenvalue weighted by Gasteiger charge is 2.64. The highest BCUT2D eigenvalue weighted by atomic mass is 19.4. The maximum atomic E-state index is 12.9. The van der Waals surface area contributed by atoms with Gasteiger partial charge in [0.1, 0.15) is 0 Å². The quantitative estimate of drug-likeness (QED) is 0.760. The normalized spacial score (nSPS) is 12.4. The lowest BCUT2D eigenvalue weighted by Crippen LogP contribution is -2.51. The van der Waals surface area contributed by atoms with Gasteiger partial charge in [-0.1, -0.05) is 6.07 Å². The van der Waals surface area contributed by atoms with Gasteiger partial charge < -0.3 is 4.90 Å². The van der Waals surface area contributed by atoms with Gasteiger partial charge >= 0.3 is 18.0 Å². The van der Waals surface area contributed by atoms with Gasteiger partial charge in [-0.2, -0.15) is 22.0 Å². The van der Waals surface area contributed by atoms with Gasteiger partial charge in [0, 0.05) is 12.7 Å². The molecule has 0 spiro atoms. The van der Waals surface area contributed by atoms with Crippen LogP contribution in [0.3, 0.4) is 0 Å². The van der Waals surface area contributed by atoms with E-state index < -0.39 is 18.0 Å². The number of anilines is 1. The summed E-state index contributed by atoms with van der Waals surface area (Å²) in [5.41, 5.74) is 1.31. The molecule has 2 nitrogen and oxygen atoms in total. The molecule has 0 heterocycles. The molecule has 0 bridgehead atoms. The third kappa shape index (κ3) is 3.02. The standard InChI is InChI=1S/C12H12F5NO/c1-7-4-8(2)6-9(5-7)18(3)10(19)11(13,14)12(15,16)17/h4-6H,1-3H3. The van der Waals surface area contributed by atoms with Gasteiger partial charge in [-0.3, -0.25) is 4.79 Å². The Kier molecular flexibility index (Phi) is 3.88. The molecule has 0 atom stereocenters. The number of hydrogen-bond donors (Lipinski definition) is 0. The summed E-state index contributed by atoms with van der Waals surface area (Å²) >= 11 is 0. The third-order valence-corrected chi connectivity index (χ3v) is 2.52. The first-order chi connectivity index (χ1) is 8.46. The van der Waals surface area contributed by atoms with Crippen molar-refractivity contribution in [1.82, 2.24) is 0 Å². The topological polar surface area (TPSA) is 20.3 Å². The Morgan fingerprint density at radius 2 is 1.42 bits per heavy atom. The van der Waals surface area contributed by atoms with Gasteiger partial charge in [0.2, 0.25) is 0 Å². The molecule has 1 aromatic carbocycles. The maximum Gasteiger partial charge on any atom is 0.463 e. The number of alkyl halides is 5. The van der Waals surface area contributed by atoms with Crippen LogP contribution in [0.5, 0.6) is 0 Å². The average molecular weight is 281 g/mol. The minimum absolute atomic E-state index is 0.00794. The first kappa shape index (κ1) is 15.4. The highest BCUT2D eigenvalue weighted by molar-refractivity contribution is 5.98. The second-order valence-electron chi connectivity index (χ2n) is 4.28. The second-order valence-corrected chi connectivity index (χ2v) is 4.28. The van der Waals surface area contributed by atoms with E-state index >= 15 is 0 Å². The van der Waals surface area contributed by atoms with Crippen molar-refractivity contribution < 1.29 is 26.7 Å². The number of rotatable bonds is 2. The Hall–Kier alpha value is -1.66. The van der Waals surface area contributed by atoms with Crippen LogP contribution < -0.4 is 4.90 Å². The molecule has 0 unspecified atom stereocenters. The molecule has 0 aliphatic heterocycles. The van der Waals surface area contributed by atoms with E-state index in [1.165, 1.54) is 12.1 Å². The summed E-state index contributed by atoms with van der Waals surface area (Å²) in [5.74, 6) is -7.70. The van der Waals surface area contributed by atoms with Crippen molar-refractivity contribution in [3.63, 3.8) is 0 Å². The monoisotopic (exact) mass is 281 g/mol. The fourth-order valence-corrected chi connectivity index (χ4v) is 1.59. The molecule has 0 radical (unpaired) electrons. The zero-order chi connectivity index (χ0) is 15.0. The zero-order valence-corrected chi connectivity index (χ0v) is 10.5. The molecule has 0 aromatic heterocycles. The third-order valence-electron chi connectivity index (χ3n) is 2.52. The molecule has 1 aromatic rings. The minimum Gasteiger partial charge on any atom is -0.310 e. The summed E-state index contributed by atoms with van der Waals surface area (Å²) in [7, 11) is 0.885. The molecular formula is C12H12F5NO. The minimum atomic E-state index is -5.91. The summed E-state index contributed by atoms with van der Waals surface area (Å²) in [6.07, 6.45) is -5.91. The number of amides is 1. The molecule has 1 rings (SSSR count). The predicted octanol–water partition coefficient (Wildman–Crippen LogP) is 3.46. The fourth-order valence-electron chi connectivity index (χ4n) is 1.59. The van der Waals surface area contributed by atoms with Crippen molar-refractivity contribution >= 4 is 11.6 Å². The van der Waals surface area contributed by atoms with E-state index in [1.807, 2.05) is 0 Å². The number of carbonyl (C=O) groups is 1. The number of hydrogen-bond acceptors (Lipinski definition) is 1. The van der Waals surface area contributed by atoms with E-state index in [2.05, 4.69) is 0 Å². The number of halogens is 5. The van der Waals surface area contributed by atoms with Gasteiger partial charge in [-0.05, 0) is 37.1 Å². The van der Waals surface area contributed by atoms with Crippen LogP contribution in [0.15, 0.2) is 18.2 Å². The molecule has 19 heavy (non-hydrogen) atoms. The Labute approximate surface area is 106 Å². The first-order valence-corrected chi connectivity index (χ1v) is 5.28. The molecule has 0 aliphatic rings. The van der Waals surface area contributed by atoms with Crippen molar-refractivity contribution in [1.29, 1.82) is 0 Å². The lowest BCUT2D eigenvalue weighted by Gasteiger charge is -2.25. The van der Waals surface area contributed by atoms with Crippen LogP contribution in [-0.2, 0) is 4.79 Å². The molecule has 0 saturated heterocycles. The molecule has 7 heteroatoms. The SMILES string of the molecule is Cc1cc(C)cc(N(C)C(=O)C(F)(F)C(F)(F)F)c1. The summed E-state index contributed by atoms with van der Waals surface area (Å²) < 4.78 is 62.3. The Morgan fingerprint density at radius 1 is 1.00 bits per heavy atom. The highest BCUT2D eigenvalue weighted by Crippen LogP contribution is 2.37. The van der Waals surface area contributed by atoms with Gasteiger partial charge in [-0.25, -0.2) is 0 Å². The van der Waals surface area contributed by atoms with Crippen LogP contribution in [0.4, 0.5) is 27.6 Å². The van der Waals surface area contributed by atoms with E-state index in [0.29, 0.717) is 16.0 Å². The van der Waals surface area contributed by atoms with Crippen LogP contribution in [0.1, 0.15) is 11.1 Å². The number of benzene rings is 1. The molecule has 0 fully saturated rings. The Balaban J connectivity index is 3.13. The van der Waals surface area contributed by atoms with Gasteiger partial charge in [-0.15, -0.1) is 0 Å². The van der Waals surface area contributed by atoms with Gasteiger partial charge in [0.15, 0.2) is 0 Å². The Bertz CT molecular complexity index is 475. The van der Waals surface area contributed by atoms with Crippen LogP contribution >= 0.6 is 0 Å². The van der Waals surface area contributed by atoms with Crippen molar-refractivity contribution in [3.8, 4) is 0 Å². The van der Waals surface area contributed by atoms with Gasteiger partial charge in [0.25, 0.3) is 0 Å². The smallest absolute Gasteiger partial charge is 0.310 e. The van der Waals surface area contributed by atoms with Crippen molar-refractivity contribution in [3.05, 3.63) is 29.3 Å².